The van der Waals surface area contributed by atoms with E-state index in [0.29, 0.717) is 13.0 Å². The lowest BCUT2D eigenvalue weighted by Gasteiger charge is -2.16. The Morgan fingerprint density at radius 1 is 1.36 bits per heavy atom. The van der Waals surface area contributed by atoms with Crippen LogP contribution in [0.1, 0.15) is 12.0 Å². The van der Waals surface area contributed by atoms with Gasteiger partial charge in [0.15, 0.2) is 9.84 Å². The van der Waals surface area contributed by atoms with Crippen LogP contribution in [0.2, 0.25) is 0 Å². The number of urea groups is 1. The Balaban J connectivity index is 1.87. The van der Waals surface area contributed by atoms with E-state index >= 15 is 0 Å². The van der Waals surface area contributed by atoms with Gasteiger partial charge in [-0.05, 0) is 43.0 Å². The summed E-state index contributed by atoms with van der Waals surface area (Å²) >= 11 is 0. The van der Waals surface area contributed by atoms with Crippen LogP contribution in [0.3, 0.4) is 0 Å². The SMILES string of the molecule is Cc1cc(N(C)C)ccc1NC(=O)NCC1CCS(=O)(=O)C1. The number of nitrogens with one attached hydrogen (secondary N) is 2. The maximum atomic E-state index is 11.9. The van der Waals surface area contributed by atoms with Gasteiger partial charge in [0.05, 0.1) is 11.5 Å². The molecule has 1 heterocycles. The van der Waals surface area contributed by atoms with Gasteiger partial charge in [0.1, 0.15) is 0 Å². The molecule has 1 aromatic rings. The van der Waals surface area contributed by atoms with Crippen LogP contribution in [0.25, 0.3) is 0 Å². The van der Waals surface area contributed by atoms with E-state index in [4.69, 9.17) is 0 Å². The van der Waals surface area contributed by atoms with Crippen molar-refractivity contribution in [2.24, 2.45) is 5.92 Å². The Labute approximate surface area is 131 Å². The zero-order valence-corrected chi connectivity index (χ0v) is 14.0. The van der Waals surface area contributed by atoms with Gasteiger partial charge in [-0.1, -0.05) is 0 Å². The maximum absolute atomic E-state index is 11.9. The van der Waals surface area contributed by atoms with Crippen LogP contribution in [0.15, 0.2) is 18.2 Å². The topological polar surface area (TPSA) is 78.5 Å². The van der Waals surface area contributed by atoms with E-state index in [9.17, 15) is 13.2 Å². The van der Waals surface area contributed by atoms with Gasteiger partial charge >= 0.3 is 6.03 Å². The molecule has 2 N–H and O–H groups in total. The molecular formula is C15H23N3O3S. The largest absolute Gasteiger partial charge is 0.378 e. The number of aryl methyl sites for hydroxylation is 1. The second-order valence-corrected chi connectivity index (χ2v) is 8.23. The van der Waals surface area contributed by atoms with Crippen molar-refractivity contribution in [3.8, 4) is 0 Å². The summed E-state index contributed by atoms with van der Waals surface area (Å²) in [6, 6.07) is 5.50. The molecule has 7 heteroatoms. The number of amides is 2. The molecule has 0 aliphatic carbocycles. The smallest absolute Gasteiger partial charge is 0.319 e. The van der Waals surface area contributed by atoms with E-state index in [0.717, 1.165) is 16.9 Å². The predicted octanol–water partition coefficient (Wildman–Crippen LogP) is 1.62. The van der Waals surface area contributed by atoms with Crippen molar-refractivity contribution in [3.05, 3.63) is 23.8 Å². The van der Waals surface area contributed by atoms with Gasteiger partial charge < -0.3 is 15.5 Å². The second kappa shape index (κ2) is 6.56. The van der Waals surface area contributed by atoms with Crippen molar-refractivity contribution < 1.29 is 13.2 Å². The van der Waals surface area contributed by atoms with E-state index < -0.39 is 9.84 Å². The van der Waals surface area contributed by atoms with Crippen molar-refractivity contribution >= 4 is 27.2 Å². The molecule has 0 aromatic heterocycles. The first kappa shape index (κ1) is 16.6. The van der Waals surface area contributed by atoms with Gasteiger partial charge in [0, 0.05) is 32.0 Å². The Morgan fingerprint density at radius 3 is 2.64 bits per heavy atom. The molecule has 1 unspecified atom stereocenters. The van der Waals surface area contributed by atoms with Gasteiger partial charge in [0.25, 0.3) is 0 Å². The zero-order valence-electron chi connectivity index (χ0n) is 13.2. The van der Waals surface area contributed by atoms with Gasteiger partial charge in [0.2, 0.25) is 0 Å². The fourth-order valence-corrected chi connectivity index (χ4v) is 4.36. The minimum atomic E-state index is -2.90. The molecule has 1 saturated heterocycles. The summed E-state index contributed by atoms with van der Waals surface area (Å²) in [5, 5.41) is 5.55. The summed E-state index contributed by atoms with van der Waals surface area (Å²) in [4.78, 5) is 13.9. The van der Waals surface area contributed by atoms with Crippen molar-refractivity contribution in [2.75, 3.05) is 42.4 Å². The van der Waals surface area contributed by atoms with Crippen molar-refractivity contribution in [1.29, 1.82) is 0 Å². The highest BCUT2D eigenvalue weighted by atomic mass is 32.2. The van der Waals surface area contributed by atoms with Crippen molar-refractivity contribution in [2.45, 2.75) is 13.3 Å². The van der Waals surface area contributed by atoms with Crippen molar-refractivity contribution in [1.82, 2.24) is 5.32 Å². The van der Waals surface area contributed by atoms with E-state index in [1.807, 2.05) is 44.1 Å². The van der Waals surface area contributed by atoms with Crippen LogP contribution >= 0.6 is 0 Å². The third kappa shape index (κ3) is 4.37. The highest BCUT2D eigenvalue weighted by Gasteiger charge is 2.27. The summed E-state index contributed by atoms with van der Waals surface area (Å²) in [5.74, 6) is 0.420. The quantitative estimate of drug-likeness (QED) is 0.882. The number of hydrogen-bond acceptors (Lipinski definition) is 4. The summed E-state index contributed by atoms with van der Waals surface area (Å²) < 4.78 is 22.8. The van der Waals surface area contributed by atoms with Gasteiger partial charge in [-0.25, -0.2) is 13.2 Å². The number of carbonyl (C=O) groups excluding carboxylic acids is 1. The maximum Gasteiger partial charge on any atom is 0.319 e. The first-order valence-electron chi connectivity index (χ1n) is 7.30. The first-order chi connectivity index (χ1) is 10.3. The van der Waals surface area contributed by atoms with E-state index in [1.165, 1.54) is 0 Å². The molecule has 0 bridgehead atoms. The van der Waals surface area contributed by atoms with Gasteiger partial charge in [-0.3, -0.25) is 0 Å². The summed E-state index contributed by atoms with van der Waals surface area (Å²) in [6.07, 6.45) is 0.624. The molecule has 0 radical (unpaired) electrons. The number of benzene rings is 1. The zero-order chi connectivity index (χ0) is 16.3. The number of hydrogen-bond donors (Lipinski definition) is 2. The van der Waals surface area contributed by atoms with Crippen LogP contribution in [-0.2, 0) is 9.84 Å². The normalized spacial score (nSPS) is 19.7. The summed E-state index contributed by atoms with van der Waals surface area (Å²) in [5.41, 5.74) is 2.80. The molecule has 0 spiro atoms. The summed E-state index contributed by atoms with van der Waals surface area (Å²) in [6.45, 7) is 2.33. The molecule has 22 heavy (non-hydrogen) atoms. The minimum absolute atomic E-state index is 0.0213. The Kier molecular flexibility index (Phi) is 4.95. The molecule has 2 amide bonds. The lowest BCUT2D eigenvalue weighted by atomic mass is 10.1. The molecule has 2 rings (SSSR count). The third-order valence-electron chi connectivity index (χ3n) is 3.85. The van der Waals surface area contributed by atoms with E-state index in [-0.39, 0.29) is 23.5 Å². The summed E-state index contributed by atoms with van der Waals surface area (Å²) in [7, 11) is 1.03. The number of sulfone groups is 1. The molecule has 1 aliphatic heterocycles. The number of anilines is 2. The lowest BCUT2D eigenvalue weighted by Crippen LogP contribution is -2.33. The Bertz CT molecular complexity index is 656. The van der Waals surface area contributed by atoms with Crippen molar-refractivity contribution in [3.63, 3.8) is 0 Å². The minimum Gasteiger partial charge on any atom is -0.378 e. The monoisotopic (exact) mass is 325 g/mol. The van der Waals surface area contributed by atoms with Crippen LogP contribution in [0, 0.1) is 12.8 Å². The molecule has 6 nitrogen and oxygen atoms in total. The third-order valence-corrected chi connectivity index (χ3v) is 5.69. The van der Waals surface area contributed by atoms with E-state index in [1.54, 1.807) is 0 Å². The molecule has 1 atom stereocenters. The van der Waals surface area contributed by atoms with Crippen LogP contribution in [-0.4, -0.2) is 46.6 Å². The standard InChI is InChI=1S/C15H23N3O3S/c1-11-8-13(18(2)3)4-5-14(11)17-15(19)16-9-12-6-7-22(20,21)10-12/h4-5,8,12H,6-7,9-10H2,1-3H3,(H2,16,17,19). The van der Waals surface area contributed by atoms with Crippen LogP contribution in [0.4, 0.5) is 16.2 Å². The van der Waals surface area contributed by atoms with Gasteiger partial charge in [-0.15, -0.1) is 0 Å². The number of carbonyl (C=O) groups is 1. The van der Waals surface area contributed by atoms with Gasteiger partial charge in [-0.2, -0.15) is 0 Å². The molecule has 1 aliphatic rings. The number of nitrogens with zero attached hydrogens (tertiary/aromatic N) is 1. The molecule has 122 valence electrons. The molecule has 1 fully saturated rings. The predicted molar refractivity (Wildman–Crippen MR) is 89.3 cm³/mol. The average molecular weight is 325 g/mol. The Hall–Kier alpha value is -1.76. The molecule has 1 aromatic carbocycles. The van der Waals surface area contributed by atoms with E-state index in [2.05, 4.69) is 10.6 Å². The van der Waals surface area contributed by atoms with Crippen LogP contribution in [0.5, 0.6) is 0 Å². The lowest BCUT2D eigenvalue weighted by molar-refractivity contribution is 0.250. The first-order valence-corrected chi connectivity index (χ1v) is 9.12. The number of rotatable bonds is 4. The molecular weight excluding hydrogens is 302 g/mol. The molecule has 0 saturated carbocycles. The second-order valence-electron chi connectivity index (χ2n) is 6.00. The highest BCUT2D eigenvalue weighted by molar-refractivity contribution is 7.91. The fourth-order valence-electron chi connectivity index (χ4n) is 2.50. The Morgan fingerprint density at radius 2 is 2.09 bits per heavy atom. The van der Waals surface area contributed by atoms with Crippen LogP contribution < -0.4 is 15.5 Å². The average Bonchev–Trinajstić information content (AvgIpc) is 2.78. The highest BCUT2D eigenvalue weighted by Crippen LogP contribution is 2.21. The fraction of sp³-hybridized carbons (Fsp3) is 0.533.